The van der Waals surface area contributed by atoms with E-state index in [4.69, 9.17) is 28.4 Å². The average molecular weight is 479 g/mol. The van der Waals surface area contributed by atoms with Crippen LogP contribution in [0.4, 0.5) is 0 Å². The van der Waals surface area contributed by atoms with E-state index in [9.17, 15) is 5.11 Å². The molecule has 1 unspecified atom stereocenters. The van der Waals surface area contributed by atoms with Gasteiger partial charge in [0.05, 0.1) is 26.9 Å². The van der Waals surface area contributed by atoms with Crippen LogP contribution in [-0.2, 0) is 36.9 Å². The predicted octanol–water partition coefficient (Wildman–Crippen LogP) is 4.00. The van der Waals surface area contributed by atoms with Gasteiger partial charge in [-0.2, -0.15) is 0 Å². The average Bonchev–Trinajstić information content (AvgIpc) is 3.42. The summed E-state index contributed by atoms with van der Waals surface area (Å²) in [6, 6.07) is 27.3. The molecule has 2 aliphatic rings. The van der Waals surface area contributed by atoms with Gasteiger partial charge in [0.25, 0.3) is 0 Å². The van der Waals surface area contributed by atoms with Crippen LogP contribution in [-0.4, -0.2) is 49.5 Å². The molecule has 184 valence electrons. The van der Waals surface area contributed by atoms with Crippen molar-refractivity contribution in [2.24, 2.45) is 0 Å². The van der Waals surface area contributed by atoms with Crippen LogP contribution in [0.15, 0.2) is 84.9 Å². The maximum Gasteiger partial charge on any atom is 0.224 e. The summed E-state index contributed by atoms with van der Waals surface area (Å²) < 4.78 is 36.3. The second-order valence-corrected chi connectivity index (χ2v) is 8.67. The highest BCUT2D eigenvalue weighted by molar-refractivity contribution is 5.28. The topological polar surface area (TPSA) is 75.6 Å². The van der Waals surface area contributed by atoms with Crippen molar-refractivity contribution in [2.45, 2.75) is 43.6 Å². The molecular formula is C28H30O7. The molecule has 0 amide bonds. The Kier molecular flexibility index (Phi) is 7.43. The van der Waals surface area contributed by atoms with Crippen molar-refractivity contribution in [1.29, 1.82) is 0 Å². The number of methoxy groups -OCH3 is 1. The molecular weight excluding hydrogens is 448 g/mol. The van der Waals surface area contributed by atoms with Gasteiger partial charge in [-0.25, -0.2) is 0 Å². The van der Waals surface area contributed by atoms with Crippen LogP contribution in [0.3, 0.4) is 0 Å². The highest BCUT2D eigenvalue weighted by Gasteiger charge is 2.63. The number of hydrogen-bond donors (Lipinski definition) is 1. The summed E-state index contributed by atoms with van der Waals surface area (Å²) in [4.78, 5) is 0. The lowest BCUT2D eigenvalue weighted by Crippen LogP contribution is -2.44. The zero-order valence-electron chi connectivity index (χ0n) is 19.6. The Morgan fingerprint density at radius 3 is 2.11 bits per heavy atom. The molecule has 3 aromatic carbocycles. The predicted molar refractivity (Wildman–Crippen MR) is 127 cm³/mol. The summed E-state index contributed by atoms with van der Waals surface area (Å²) >= 11 is 0. The van der Waals surface area contributed by atoms with Gasteiger partial charge in [-0.3, -0.25) is 0 Å². The third-order valence-electron chi connectivity index (χ3n) is 6.31. The Bertz CT molecular complexity index is 1060. The van der Waals surface area contributed by atoms with E-state index in [1.54, 1.807) is 7.11 Å². The summed E-state index contributed by atoms with van der Waals surface area (Å²) in [7, 11) is 1.62. The van der Waals surface area contributed by atoms with Crippen LogP contribution < -0.4 is 4.74 Å². The summed E-state index contributed by atoms with van der Waals surface area (Å²) in [6.07, 6.45) is -2.31. The molecule has 0 radical (unpaired) electrons. The fourth-order valence-corrected chi connectivity index (χ4v) is 4.48. The molecule has 1 N–H and O–H groups in total. The molecule has 7 heteroatoms. The zero-order chi connectivity index (χ0) is 24.1. The number of benzene rings is 3. The van der Waals surface area contributed by atoms with Crippen LogP contribution in [0.25, 0.3) is 0 Å². The SMILES string of the molecule is COc1ccc(C2O[C@H]3[C@H](OCc4ccccc4)[C@@H](COCc4ccccc4)O[C@@]3(CO)O2)cc1. The summed E-state index contributed by atoms with van der Waals surface area (Å²) in [5.74, 6) is -0.605. The van der Waals surface area contributed by atoms with Crippen LogP contribution in [0.2, 0.25) is 0 Å². The lowest BCUT2D eigenvalue weighted by Gasteiger charge is -2.24. The van der Waals surface area contributed by atoms with Crippen LogP contribution in [0, 0.1) is 0 Å². The monoisotopic (exact) mass is 478 g/mol. The first-order valence-corrected chi connectivity index (χ1v) is 11.7. The Morgan fingerprint density at radius 1 is 0.829 bits per heavy atom. The van der Waals surface area contributed by atoms with Gasteiger partial charge < -0.3 is 33.5 Å². The molecule has 3 aromatic rings. The van der Waals surface area contributed by atoms with Gasteiger partial charge in [0.2, 0.25) is 5.79 Å². The van der Waals surface area contributed by atoms with Gasteiger partial charge in [-0.05, 0) is 23.3 Å². The van der Waals surface area contributed by atoms with Gasteiger partial charge in [0, 0.05) is 5.56 Å². The second-order valence-electron chi connectivity index (χ2n) is 8.67. The summed E-state index contributed by atoms with van der Waals surface area (Å²) in [5.41, 5.74) is 2.90. The normalized spacial score (nSPS) is 27.6. The van der Waals surface area contributed by atoms with Crippen molar-refractivity contribution >= 4 is 0 Å². The van der Waals surface area contributed by atoms with Gasteiger partial charge in [-0.15, -0.1) is 0 Å². The van der Waals surface area contributed by atoms with Crippen molar-refractivity contribution in [3.63, 3.8) is 0 Å². The highest BCUT2D eigenvalue weighted by atomic mass is 16.9. The molecule has 0 aromatic heterocycles. The number of aliphatic hydroxyl groups is 1. The first kappa shape index (κ1) is 23.9. The van der Waals surface area contributed by atoms with Crippen molar-refractivity contribution in [1.82, 2.24) is 0 Å². The Hall–Kier alpha value is -2.78. The molecule has 0 bridgehead atoms. The quantitative estimate of drug-likeness (QED) is 0.472. The van der Waals surface area contributed by atoms with Crippen molar-refractivity contribution in [3.05, 3.63) is 102 Å². The van der Waals surface area contributed by atoms with Crippen LogP contribution >= 0.6 is 0 Å². The molecule has 0 aliphatic carbocycles. The molecule has 2 saturated heterocycles. The van der Waals surface area contributed by atoms with E-state index in [1.165, 1.54) is 0 Å². The number of rotatable bonds is 10. The molecule has 35 heavy (non-hydrogen) atoms. The van der Waals surface area contributed by atoms with E-state index < -0.39 is 30.4 Å². The number of aliphatic hydroxyl groups excluding tert-OH is 1. The lowest BCUT2D eigenvalue weighted by molar-refractivity contribution is -0.255. The van der Waals surface area contributed by atoms with E-state index in [-0.39, 0.29) is 13.2 Å². The minimum absolute atomic E-state index is 0.270. The van der Waals surface area contributed by atoms with E-state index in [0.29, 0.717) is 13.2 Å². The molecule has 2 aliphatic heterocycles. The van der Waals surface area contributed by atoms with E-state index in [0.717, 1.165) is 22.4 Å². The van der Waals surface area contributed by atoms with E-state index in [2.05, 4.69) is 0 Å². The largest absolute Gasteiger partial charge is 0.497 e. The van der Waals surface area contributed by atoms with Gasteiger partial charge in [0.15, 0.2) is 6.29 Å². The molecule has 2 heterocycles. The third kappa shape index (κ3) is 5.26. The minimum atomic E-state index is -1.34. The van der Waals surface area contributed by atoms with Crippen molar-refractivity contribution in [3.8, 4) is 5.75 Å². The summed E-state index contributed by atoms with van der Waals surface area (Å²) in [5, 5.41) is 10.4. The molecule has 0 saturated carbocycles. The minimum Gasteiger partial charge on any atom is -0.497 e. The smallest absolute Gasteiger partial charge is 0.224 e. The van der Waals surface area contributed by atoms with Gasteiger partial charge in [0.1, 0.15) is 30.7 Å². The first-order chi connectivity index (χ1) is 17.2. The molecule has 5 atom stereocenters. The number of ether oxygens (including phenoxy) is 6. The second kappa shape index (κ2) is 10.9. The number of hydrogen-bond acceptors (Lipinski definition) is 7. The van der Waals surface area contributed by atoms with Crippen molar-refractivity contribution in [2.75, 3.05) is 20.3 Å². The Labute approximate surface area is 205 Å². The first-order valence-electron chi connectivity index (χ1n) is 11.7. The molecule has 5 rings (SSSR count). The van der Waals surface area contributed by atoms with E-state index >= 15 is 0 Å². The lowest BCUT2D eigenvalue weighted by atomic mass is 10.1. The van der Waals surface area contributed by atoms with Crippen LogP contribution in [0.5, 0.6) is 5.75 Å². The Morgan fingerprint density at radius 2 is 1.49 bits per heavy atom. The molecule has 7 nitrogen and oxygen atoms in total. The fraction of sp³-hybridized carbons (Fsp3) is 0.357. The summed E-state index contributed by atoms with van der Waals surface area (Å²) in [6.45, 7) is 0.717. The van der Waals surface area contributed by atoms with E-state index in [1.807, 2.05) is 84.9 Å². The van der Waals surface area contributed by atoms with Gasteiger partial charge in [-0.1, -0.05) is 72.8 Å². The number of fused-ring (bicyclic) bond motifs is 1. The van der Waals surface area contributed by atoms with Crippen LogP contribution in [0.1, 0.15) is 23.0 Å². The standard InChI is InChI=1S/C28H30O7/c1-30-23-14-12-22(13-15-23)27-33-26-25(32-17-21-10-6-3-7-11-21)24(34-28(26,19-29)35-27)18-31-16-20-8-4-2-5-9-20/h2-15,24-27,29H,16-19H2,1H3/t24-,25-,26+,27?,28+/m1/s1. The zero-order valence-corrected chi connectivity index (χ0v) is 19.6. The fourth-order valence-electron chi connectivity index (χ4n) is 4.48. The van der Waals surface area contributed by atoms with Crippen molar-refractivity contribution < 1.29 is 33.5 Å². The van der Waals surface area contributed by atoms with Gasteiger partial charge >= 0.3 is 0 Å². The highest BCUT2D eigenvalue weighted by Crippen LogP contribution is 2.47. The molecule has 2 fully saturated rings. The Balaban J connectivity index is 1.32. The maximum absolute atomic E-state index is 10.4. The third-order valence-corrected chi connectivity index (χ3v) is 6.31. The maximum atomic E-state index is 10.4. The molecule has 0 spiro atoms.